The molecule has 1 saturated heterocycles. The molecule has 0 aliphatic carbocycles. The van der Waals surface area contributed by atoms with Crippen molar-refractivity contribution in [2.45, 2.75) is 25.9 Å². The minimum atomic E-state index is 0.599. The second-order valence-corrected chi connectivity index (χ2v) is 5.37. The number of nitrogens with zero attached hydrogens (tertiary/aromatic N) is 1. The molecule has 0 aromatic heterocycles. The molecule has 0 radical (unpaired) electrons. The molecule has 1 aromatic carbocycles. The van der Waals surface area contributed by atoms with Crippen LogP contribution in [0.2, 0.25) is 10.0 Å². The second kappa shape index (κ2) is 6.05. The Morgan fingerprint density at radius 3 is 3.00 bits per heavy atom. The van der Waals surface area contributed by atoms with Crippen LogP contribution in [-0.2, 0) is 6.54 Å². The predicted molar refractivity (Wildman–Crippen MR) is 73.8 cm³/mol. The number of nitrogens with one attached hydrogen (secondary N) is 1. The van der Waals surface area contributed by atoms with Crippen molar-refractivity contribution in [1.29, 1.82) is 0 Å². The van der Waals surface area contributed by atoms with E-state index in [2.05, 4.69) is 17.1 Å². The first-order chi connectivity index (χ1) is 8.19. The number of hydrogen-bond donors (Lipinski definition) is 1. The normalized spacial score (nSPS) is 21.7. The van der Waals surface area contributed by atoms with E-state index in [1.165, 1.54) is 6.42 Å². The third-order valence-electron chi connectivity index (χ3n) is 3.23. The van der Waals surface area contributed by atoms with Crippen molar-refractivity contribution in [3.05, 3.63) is 33.8 Å². The van der Waals surface area contributed by atoms with Gasteiger partial charge in [-0.2, -0.15) is 0 Å². The first kappa shape index (κ1) is 13.2. The minimum absolute atomic E-state index is 0.599. The van der Waals surface area contributed by atoms with E-state index in [1.54, 1.807) is 0 Å². The number of hydrogen-bond acceptors (Lipinski definition) is 2. The molecule has 0 bridgehead atoms. The smallest absolute Gasteiger partial charge is 0.0452 e. The molecule has 1 unspecified atom stereocenters. The zero-order chi connectivity index (χ0) is 12.3. The van der Waals surface area contributed by atoms with Crippen molar-refractivity contribution in [3.63, 3.8) is 0 Å². The van der Waals surface area contributed by atoms with E-state index in [1.807, 2.05) is 18.2 Å². The third kappa shape index (κ3) is 3.59. The van der Waals surface area contributed by atoms with Crippen molar-refractivity contribution < 1.29 is 0 Å². The summed E-state index contributed by atoms with van der Waals surface area (Å²) in [6.07, 6.45) is 1.17. The molecular formula is C13H18Cl2N2. The molecule has 2 nitrogen and oxygen atoms in total. The van der Waals surface area contributed by atoms with Gasteiger partial charge in [0.15, 0.2) is 0 Å². The van der Waals surface area contributed by atoms with Gasteiger partial charge in [-0.15, -0.1) is 0 Å². The van der Waals surface area contributed by atoms with Gasteiger partial charge in [0.05, 0.1) is 0 Å². The van der Waals surface area contributed by atoms with Gasteiger partial charge in [0, 0.05) is 42.3 Å². The van der Waals surface area contributed by atoms with E-state index in [9.17, 15) is 0 Å². The highest BCUT2D eigenvalue weighted by Gasteiger charge is 2.18. The Kier molecular flexibility index (Phi) is 4.69. The summed E-state index contributed by atoms with van der Waals surface area (Å²) in [5.74, 6) is 0. The maximum Gasteiger partial charge on any atom is 0.0452 e. The standard InChI is InChI=1S/C13H18Cl2N2/c1-2-12-9-17(6-5-16-12)8-10-7-11(14)3-4-13(10)15/h3-4,7,12,16H,2,5-6,8-9H2,1H3. The molecule has 1 fully saturated rings. The van der Waals surface area contributed by atoms with Gasteiger partial charge in [0.25, 0.3) is 0 Å². The molecule has 1 N–H and O–H groups in total. The average molecular weight is 273 g/mol. The van der Waals surface area contributed by atoms with Crippen LogP contribution in [0, 0.1) is 0 Å². The van der Waals surface area contributed by atoms with Gasteiger partial charge in [-0.3, -0.25) is 4.90 Å². The molecule has 94 valence electrons. The van der Waals surface area contributed by atoms with E-state index in [0.29, 0.717) is 6.04 Å². The fourth-order valence-electron chi connectivity index (χ4n) is 2.22. The topological polar surface area (TPSA) is 15.3 Å². The van der Waals surface area contributed by atoms with Crippen molar-refractivity contribution in [2.24, 2.45) is 0 Å². The quantitative estimate of drug-likeness (QED) is 0.910. The lowest BCUT2D eigenvalue weighted by Gasteiger charge is -2.33. The maximum absolute atomic E-state index is 6.18. The number of piperazine rings is 1. The lowest BCUT2D eigenvalue weighted by atomic mass is 10.1. The highest BCUT2D eigenvalue weighted by atomic mass is 35.5. The minimum Gasteiger partial charge on any atom is -0.311 e. The fraction of sp³-hybridized carbons (Fsp3) is 0.538. The Hall–Kier alpha value is -0.280. The summed E-state index contributed by atoms with van der Waals surface area (Å²) in [5.41, 5.74) is 1.12. The van der Waals surface area contributed by atoms with Crippen molar-refractivity contribution in [2.75, 3.05) is 19.6 Å². The fourth-order valence-corrected chi connectivity index (χ4v) is 2.59. The van der Waals surface area contributed by atoms with Gasteiger partial charge >= 0.3 is 0 Å². The largest absolute Gasteiger partial charge is 0.311 e. The summed E-state index contributed by atoms with van der Waals surface area (Å²) in [7, 11) is 0. The molecule has 1 aliphatic heterocycles. The number of halogens is 2. The van der Waals surface area contributed by atoms with E-state index in [0.717, 1.165) is 41.8 Å². The van der Waals surface area contributed by atoms with Crippen LogP contribution in [0.15, 0.2) is 18.2 Å². The van der Waals surface area contributed by atoms with E-state index >= 15 is 0 Å². The zero-order valence-electron chi connectivity index (χ0n) is 10.0. The summed E-state index contributed by atoms with van der Waals surface area (Å²) in [6, 6.07) is 6.27. The molecule has 0 saturated carbocycles. The zero-order valence-corrected chi connectivity index (χ0v) is 11.6. The van der Waals surface area contributed by atoms with Gasteiger partial charge in [-0.25, -0.2) is 0 Å². The molecule has 4 heteroatoms. The second-order valence-electron chi connectivity index (χ2n) is 4.53. The third-order valence-corrected chi connectivity index (χ3v) is 3.84. The highest BCUT2D eigenvalue weighted by Crippen LogP contribution is 2.22. The predicted octanol–water partition coefficient (Wildman–Crippen LogP) is 3.18. The lowest BCUT2D eigenvalue weighted by molar-refractivity contribution is 0.190. The molecule has 1 atom stereocenters. The molecule has 1 aromatic rings. The number of rotatable bonds is 3. The Balaban J connectivity index is 2.02. The van der Waals surface area contributed by atoms with Crippen LogP contribution in [0.25, 0.3) is 0 Å². The SMILES string of the molecule is CCC1CN(Cc2cc(Cl)ccc2Cl)CCN1. The molecule has 17 heavy (non-hydrogen) atoms. The van der Waals surface area contributed by atoms with E-state index in [-0.39, 0.29) is 0 Å². The van der Waals surface area contributed by atoms with Gasteiger partial charge < -0.3 is 5.32 Å². The summed E-state index contributed by atoms with van der Waals surface area (Å²) in [6.45, 7) is 6.31. The van der Waals surface area contributed by atoms with Crippen molar-refractivity contribution in [1.82, 2.24) is 10.2 Å². The van der Waals surface area contributed by atoms with Gasteiger partial charge in [0.2, 0.25) is 0 Å². The molecule has 0 amide bonds. The summed E-state index contributed by atoms with van der Waals surface area (Å²) in [5, 5.41) is 5.07. The van der Waals surface area contributed by atoms with Crippen LogP contribution >= 0.6 is 23.2 Å². The molecule has 0 spiro atoms. The first-order valence-corrected chi connectivity index (χ1v) is 6.84. The van der Waals surface area contributed by atoms with Crippen molar-refractivity contribution in [3.8, 4) is 0 Å². The van der Waals surface area contributed by atoms with Crippen LogP contribution in [0.4, 0.5) is 0 Å². The lowest BCUT2D eigenvalue weighted by Crippen LogP contribution is -2.49. The Morgan fingerprint density at radius 1 is 1.41 bits per heavy atom. The van der Waals surface area contributed by atoms with Crippen LogP contribution in [0.1, 0.15) is 18.9 Å². The van der Waals surface area contributed by atoms with E-state index < -0.39 is 0 Å². The summed E-state index contributed by atoms with van der Waals surface area (Å²) in [4.78, 5) is 2.43. The van der Waals surface area contributed by atoms with E-state index in [4.69, 9.17) is 23.2 Å². The van der Waals surface area contributed by atoms with Gasteiger partial charge in [0.1, 0.15) is 0 Å². The van der Waals surface area contributed by atoms with Crippen molar-refractivity contribution >= 4 is 23.2 Å². The monoisotopic (exact) mass is 272 g/mol. The molecule has 1 aliphatic rings. The highest BCUT2D eigenvalue weighted by molar-refractivity contribution is 6.33. The maximum atomic E-state index is 6.18. The Morgan fingerprint density at radius 2 is 2.24 bits per heavy atom. The molecule has 2 rings (SSSR count). The summed E-state index contributed by atoms with van der Waals surface area (Å²) >= 11 is 12.2. The average Bonchev–Trinajstić information content (AvgIpc) is 2.34. The van der Waals surface area contributed by atoms with Gasteiger partial charge in [-0.05, 0) is 30.2 Å². The van der Waals surface area contributed by atoms with Crippen LogP contribution < -0.4 is 5.32 Å². The number of benzene rings is 1. The molecule has 1 heterocycles. The summed E-state index contributed by atoms with van der Waals surface area (Å²) < 4.78 is 0. The van der Waals surface area contributed by atoms with Crippen LogP contribution in [0.5, 0.6) is 0 Å². The van der Waals surface area contributed by atoms with Crippen LogP contribution in [-0.4, -0.2) is 30.6 Å². The Labute approximate surface area is 113 Å². The molecular weight excluding hydrogens is 255 g/mol. The first-order valence-electron chi connectivity index (χ1n) is 6.08. The Bertz CT molecular complexity index is 382. The van der Waals surface area contributed by atoms with Gasteiger partial charge in [-0.1, -0.05) is 30.1 Å². The van der Waals surface area contributed by atoms with Crippen LogP contribution in [0.3, 0.4) is 0 Å².